The minimum Gasteiger partial charge on any atom is -0.272 e. The monoisotopic (exact) mass is 434 g/mol. The van der Waals surface area contributed by atoms with Crippen LogP contribution in [0.2, 0.25) is 0 Å². The number of benzene rings is 2. The molecule has 1 saturated heterocycles. The van der Waals surface area contributed by atoms with E-state index in [2.05, 4.69) is 5.10 Å². The van der Waals surface area contributed by atoms with Gasteiger partial charge >= 0.3 is 0 Å². The van der Waals surface area contributed by atoms with Gasteiger partial charge in [-0.15, -0.1) is 0 Å². The minimum absolute atomic E-state index is 0.101. The minimum atomic E-state index is -3.71. The molecular weight excluding hydrogens is 412 g/mol. The van der Waals surface area contributed by atoms with Gasteiger partial charge in [-0.05, 0) is 29.8 Å². The summed E-state index contributed by atoms with van der Waals surface area (Å²) in [5.41, 5.74) is 0.552. The fourth-order valence-corrected chi connectivity index (χ4v) is 6.56. The van der Waals surface area contributed by atoms with Crippen molar-refractivity contribution in [2.24, 2.45) is 7.05 Å². The van der Waals surface area contributed by atoms with Crippen LogP contribution in [-0.2, 0) is 27.1 Å². The molecule has 1 aliphatic heterocycles. The van der Waals surface area contributed by atoms with Gasteiger partial charge in [0.25, 0.3) is 0 Å². The van der Waals surface area contributed by atoms with Gasteiger partial charge in [0.1, 0.15) is 4.90 Å². The fourth-order valence-electron chi connectivity index (χ4n) is 3.50. The van der Waals surface area contributed by atoms with Crippen LogP contribution in [0, 0.1) is 6.92 Å². The molecular formula is C19H22N4O4S2. The number of fused-ring (bicyclic) bond motifs is 1. The van der Waals surface area contributed by atoms with Gasteiger partial charge in [0.2, 0.25) is 20.0 Å². The zero-order valence-corrected chi connectivity index (χ0v) is 17.8. The SMILES string of the molecule is Cc1c(S(=O)(=O)N2CCN(S(=O)(=O)c3ccc4ccccc4c3)CC2)cnn1C. The molecule has 0 radical (unpaired) electrons. The second kappa shape index (κ2) is 7.21. The molecule has 0 saturated carbocycles. The highest BCUT2D eigenvalue weighted by molar-refractivity contribution is 7.89. The summed E-state index contributed by atoms with van der Waals surface area (Å²) in [5.74, 6) is 0. The summed E-state index contributed by atoms with van der Waals surface area (Å²) in [7, 11) is -5.72. The zero-order valence-electron chi connectivity index (χ0n) is 16.2. The molecule has 1 fully saturated rings. The van der Waals surface area contributed by atoms with Crippen LogP contribution in [-0.4, -0.2) is 61.4 Å². The predicted molar refractivity (Wildman–Crippen MR) is 109 cm³/mol. The van der Waals surface area contributed by atoms with Crippen LogP contribution in [0.4, 0.5) is 0 Å². The molecule has 0 aliphatic carbocycles. The molecule has 0 N–H and O–H groups in total. The highest BCUT2D eigenvalue weighted by Gasteiger charge is 2.35. The van der Waals surface area contributed by atoms with Crippen molar-refractivity contribution in [3.05, 3.63) is 54.4 Å². The van der Waals surface area contributed by atoms with Gasteiger partial charge in [0.05, 0.1) is 16.8 Å². The second-order valence-electron chi connectivity index (χ2n) is 7.03. The van der Waals surface area contributed by atoms with E-state index >= 15 is 0 Å². The lowest BCUT2D eigenvalue weighted by Gasteiger charge is -2.33. The lowest BCUT2D eigenvalue weighted by Crippen LogP contribution is -2.50. The van der Waals surface area contributed by atoms with Crippen molar-refractivity contribution in [1.82, 2.24) is 18.4 Å². The first-order chi connectivity index (χ1) is 13.7. The van der Waals surface area contributed by atoms with E-state index in [0.29, 0.717) is 5.69 Å². The molecule has 0 atom stereocenters. The van der Waals surface area contributed by atoms with Crippen molar-refractivity contribution < 1.29 is 16.8 Å². The summed E-state index contributed by atoms with van der Waals surface area (Å²) in [6.07, 6.45) is 1.34. The van der Waals surface area contributed by atoms with Crippen LogP contribution in [0.5, 0.6) is 0 Å². The summed E-state index contributed by atoms with van der Waals surface area (Å²) in [6.45, 7) is 2.11. The standard InChI is InChI=1S/C19H22N4O4S2/c1-15-19(14-20-21(15)2)29(26,27)23-11-9-22(10-12-23)28(24,25)18-8-7-16-5-3-4-6-17(16)13-18/h3-8,13-14H,9-12H2,1-2H3. The Morgan fingerprint density at radius 2 is 1.41 bits per heavy atom. The Kier molecular flexibility index (Phi) is 4.97. The Hall–Kier alpha value is -2.27. The van der Waals surface area contributed by atoms with E-state index in [1.807, 2.05) is 24.3 Å². The van der Waals surface area contributed by atoms with Crippen molar-refractivity contribution in [3.63, 3.8) is 0 Å². The molecule has 0 unspecified atom stereocenters. The summed E-state index contributed by atoms with van der Waals surface area (Å²) in [6, 6.07) is 12.6. The van der Waals surface area contributed by atoms with Gasteiger partial charge in [0.15, 0.2) is 0 Å². The van der Waals surface area contributed by atoms with E-state index < -0.39 is 20.0 Å². The molecule has 0 spiro atoms. The molecule has 154 valence electrons. The van der Waals surface area contributed by atoms with Crippen molar-refractivity contribution in [1.29, 1.82) is 0 Å². The lowest BCUT2D eigenvalue weighted by atomic mass is 10.1. The molecule has 0 amide bonds. The molecule has 2 heterocycles. The third-order valence-corrected chi connectivity index (χ3v) is 9.26. The average molecular weight is 435 g/mol. The zero-order chi connectivity index (χ0) is 20.8. The molecule has 3 aromatic rings. The molecule has 1 aromatic heterocycles. The van der Waals surface area contributed by atoms with Gasteiger partial charge in [0, 0.05) is 33.2 Å². The normalized spacial score (nSPS) is 17.0. The van der Waals surface area contributed by atoms with Crippen LogP contribution >= 0.6 is 0 Å². The fraction of sp³-hybridized carbons (Fsp3) is 0.316. The summed E-state index contributed by atoms with van der Waals surface area (Å²) in [5, 5.41) is 5.82. The third kappa shape index (κ3) is 3.46. The Labute approximate surface area is 170 Å². The Balaban J connectivity index is 1.54. The van der Waals surface area contributed by atoms with Crippen molar-refractivity contribution in [3.8, 4) is 0 Å². The van der Waals surface area contributed by atoms with E-state index in [1.54, 1.807) is 32.2 Å². The van der Waals surface area contributed by atoms with Crippen LogP contribution < -0.4 is 0 Å². The number of nitrogens with zero attached hydrogens (tertiary/aromatic N) is 4. The van der Waals surface area contributed by atoms with Crippen molar-refractivity contribution >= 4 is 30.8 Å². The molecule has 4 rings (SSSR count). The largest absolute Gasteiger partial charge is 0.272 e. The second-order valence-corrected chi connectivity index (χ2v) is 10.9. The lowest BCUT2D eigenvalue weighted by molar-refractivity contribution is 0.272. The van der Waals surface area contributed by atoms with Crippen LogP contribution in [0.15, 0.2) is 58.5 Å². The number of hydrogen-bond donors (Lipinski definition) is 0. The average Bonchev–Trinajstić information content (AvgIpc) is 3.07. The Morgan fingerprint density at radius 1 is 0.828 bits per heavy atom. The third-order valence-electron chi connectivity index (χ3n) is 5.36. The molecule has 10 heteroatoms. The first-order valence-electron chi connectivity index (χ1n) is 9.19. The number of piperazine rings is 1. The van der Waals surface area contributed by atoms with E-state index in [4.69, 9.17) is 0 Å². The highest BCUT2D eigenvalue weighted by atomic mass is 32.2. The number of aryl methyl sites for hydroxylation is 1. The number of sulfonamides is 2. The van der Waals surface area contributed by atoms with Gasteiger partial charge in [-0.3, -0.25) is 4.68 Å². The molecule has 1 aliphatic rings. The van der Waals surface area contributed by atoms with E-state index in [9.17, 15) is 16.8 Å². The number of hydrogen-bond acceptors (Lipinski definition) is 5. The smallest absolute Gasteiger partial charge is 0.246 e. The van der Waals surface area contributed by atoms with Crippen molar-refractivity contribution in [2.45, 2.75) is 16.7 Å². The number of rotatable bonds is 4. The van der Waals surface area contributed by atoms with Gasteiger partial charge in [-0.25, -0.2) is 16.8 Å². The molecule has 8 nitrogen and oxygen atoms in total. The van der Waals surface area contributed by atoms with Crippen molar-refractivity contribution in [2.75, 3.05) is 26.2 Å². The van der Waals surface area contributed by atoms with Crippen LogP contribution in [0.1, 0.15) is 5.69 Å². The summed E-state index contributed by atoms with van der Waals surface area (Å²) >= 11 is 0. The Bertz CT molecular complexity index is 1270. The van der Waals surface area contributed by atoms with E-state index in [0.717, 1.165) is 10.8 Å². The highest BCUT2D eigenvalue weighted by Crippen LogP contribution is 2.25. The van der Waals surface area contributed by atoms with Gasteiger partial charge in [-0.1, -0.05) is 30.3 Å². The van der Waals surface area contributed by atoms with Crippen LogP contribution in [0.3, 0.4) is 0 Å². The molecule has 2 aromatic carbocycles. The Morgan fingerprint density at radius 3 is 2.00 bits per heavy atom. The maximum absolute atomic E-state index is 13.1. The predicted octanol–water partition coefficient (Wildman–Crippen LogP) is 1.58. The number of aromatic nitrogens is 2. The van der Waals surface area contributed by atoms with Gasteiger partial charge in [-0.2, -0.15) is 13.7 Å². The topological polar surface area (TPSA) is 92.6 Å². The maximum atomic E-state index is 13.1. The maximum Gasteiger partial charge on any atom is 0.246 e. The first-order valence-corrected chi connectivity index (χ1v) is 12.1. The summed E-state index contributed by atoms with van der Waals surface area (Å²) < 4.78 is 56.1. The molecule has 0 bridgehead atoms. The van der Waals surface area contributed by atoms with E-state index in [-0.39, 0.29) is 36.0 Å². The van der Waals surface area contributed by atoms with Gasteiger partial charge < -0.3 is 0 Å². The quantitative estimate of drug-likeness (QED) is 0.622. The molecule has 29 heavy (non-hydrogen) atoms. The first kappa shape index (κ1) is 20.0. The summed E-state index contributed by atoms with van der Waals surface area (Å²) in [4.78, 5) is 0.376. The van der Waals surface area contributed by atoms with E-state index in [1.165, 1.54) is 19.5 Å². The van der Waals surface area contributed by atoms with Crippen LogP contribution in [0.25, 0.3) is 10.8 Å².